The number of carbonyl (C=O) groups excluding carboxylic acids is 4. The molecule has 0 aromatic heterocycles. The summed E-state index contributed by atoms with van der Waals surface area (Å²) < 4.78 is 49.7. The summed E-state index contributed by atoms with van der Waals surface area (Å²) in [6.07, 6.45) is -1.50. The molecule has 0 aliphatic carbocycles. The Morgan fingerprint density at radius 1 is 0.508 bits per heavy atom. The van der Waals surface area contributed by atoms with Gasteiger partial charge < -0.3 is 35.1 Å². The Morgan fingerprint density at radius 3 is 1.46 bits per heavy atom. The second kappa shape index (κ2) is 24.6. The molecule has 6 rings (SSSR count). The monoisotopic (exact) mass is 899 g/mol. The van der Waals surface area contributed by atoms with Gasteiger partial charge in [0.2, 0.25) is 11.8 Å². The Labute approximate surface area is 377 Å². The lowest BCUT2D eigenvalue weighted by Gasteiger charge is -2.23. The maximum atomic E-state index is 14.5. The number of phosphoric acid groups is 1. The van der Waals surface area contributed by atoms with Crippen LogP contribution < -0.4 is 25.6 Å². The lowest BCUT2D eigenvalue weighted by atomic mass is 10.0. The summed E-state index contributed by atoms with van der Waals surface area (Å²) in [4.78, 5) is 52.6. The van der Waals surface area contributed by atoms with Crippen molar-refractivity contribution < 1.29 is 51.5 Å². The standard InChI is InChI=1S/C50H50N3O11P/c51-47(54)29-27-43(53-50(57)61-34-39-20-10-3-11-21-39)48(55)52-44(49(56)60-33-38-18-8-2-9-19-38)30-42-26-28-45(46(31-42)59-32-37-16-6-1-7-17-37)64-65(58,62-35-40-22-12-4-13-23-40)63-36-41-24-14-5-15-25-41/h1-26,28,31,43-44H,27,29-30,32-36H2,(H2,51,54)(H,52,55)(H,53,57)/t43-,44-/m0/s1. The first kappa shape index (κ1) is 47.2. The highest BCUT2D eigenvalue weighted by Crippen LogP contribution is 2.53. The van der Waals surface area contributed by atoms with Crippen molar-refractivity contribution >= 4 is 31.7 Å². The molecule has 6 aromatic rings. The Kier molecular flexibility index (Phi) is 17.8. The van der Waals surface area contributed by atoms with E-state index in [0.717, 1.165) is 16.7 Å². The van der Waals surface area contributed by atoms with Crippen molar-refractivity contribution in [3.63, 3.8) is 0 Å². The van der Waals surface area contributed by atoms with Crippen LogP contribution in [0.5, 0.6) is 11.5 Å². The fourth-order valence-electron chi connectivity index (χ4n) is 6.26. The number of nitrogens with two attached hydrogens (primary N) is 1. The molecule has 0 spiro atoms. The number of hydrogen-bond donors (Lipinski definition) is 3. The Bertz CT molecular complexity index is 2440. The third-order valence-electron chi connectivity index (χ3n) is 9.69. The molecule has 15 heteroatoms. The lowest BCUT2D eigenvalue weighted by molar-refractivity contribution is -0.149. The maximum Gasteiger partial charge on any atom is 0.530 e. The van der Waals surface area contributed by atoms with E-state index in [2.05, 4.69) is 10.6 Å². The number of nitrogens with one attached hydrogen (secondary N) is 2. The second-order valence-electron chi connectivity index (χ2n) is 14.7. The van der Waals surface area contributed by atoms with Gasteiger partial charge in [-0.2, -0.15) is 0 Å². The highest BCUT2D eigenvalue weighted by molar-refractivity contribution is 7.48. The van der Waals surface area contributed by atoms with Gasteiger partial charge >= 0.3 is 19.9 Å². The average molecular weight is 900 g/mol. The zero-order valence-electron chi connectivity index (χ0n) is 35.5. The van der Waals surface area contributed by atoms with Crippen LogP contribution in [-0.2, 0) is 76.9 Å². The smallest absolute Gasteiger partial charge is 0.485 e. The summed E-state index contributed by atoms with van der Waals surface area (Å²) in [5.74, 6) is -2.14. The minimum Gasteiger partial charge on any atom is -0.485 e. The van der Waals surface area contributed by atoms with Crippen molar-refractivity contribution in [3.05, 3.63) is 203 Å². The number of primary amides is 1. The van der Waals surface area contributed by atoms with E-state index in [0.29, 0.717) is 16.7 Å². The number of benzene rings is 6. The normalized spacial score (nSPS) is 11.9. The fraction of sp³-hybridized carbons (Fsp3) is 0.200. The molecule has 0 aliphatic rings. The van der Waals surface area contributed by atoms with Crippen LogP contribution in [0, 0.1) is 0 Å². The molecular weight excluding hydrogens is 850 g/mol. The predicted molar refractivity (Wildman–Crippen MR) is 242 cm³/mol. The van der Waals surface area contributed by atoms with Crippen molar-refractivity contribution in [3.8, 4) is 11.5 Å². The largest absolute Gasteiger partial charge is 0.530 e. The van der Waals surface area contributed by atoms with Crippen molar-refractivity contribution in [1.29, 1.82) is 0 Å². The van der Waals surface area contributed by atoms with Crippen LogP contribution >= 0.6 is 7.82 Å². The molecule has 65 heavy (non-hydrogen) atoms. The fourth-order valence-corrected chi connectivity index (χ4v) is 7.45. The Morgan fingerprint density at radius 2 is 0.969 bits per heavy atom. The van der Waals surface area contributed by atoms with E-state index in [1.54, 1.807) is 60.7 Å². The van der Waals surface area contributed by atoms with Gasteiger partial charge in [-0.15, -0.1) is 0 Å². The van der Waals surface area contributed by atoms with Gasteiger partial charge in [0.25, 0.3) is 0 Å². The van der Waals surface area contributed by atoms with E-state index in [4.69, 9.17) is 33.5 Å². The number of hydrogen-bond acceptors (Lipinski definition) is 11. The van der Waals surface area contributed by atoms with Gasteiger partial charge in [-0.1, -0.05) is 158 Å². The minimum atomic E-state index is -4.36. The van der Waals surface area contributed by atoms with E-state index in [1.807, 2.05) is 103 Å². The van der Waals surface area contributed by atoms with Crippen molar-refractivity contribution in [2.75, 3.05) is 0 Å². The molecule has 0 bridgehead atoms. The molecule has 0 heterocycles. The van der Waals surface area contributed by atoms with Gasteiger partial charge in [0.05, 0.1) is 13.2 Å². The molecule has 14 nitrogen and oxygen atoms in total. The molecule has 336 valence electrons. The SMILES string of the molecule is NC(=O)CC[C@H](NC(=O)OCc1ccccc1)C(=O)N[C@@H](Cc1ccc(OP(=O)(OCc2ccccc2)OCc2ccccc2)c(OCc2ccccc2)c1)C(=O)OCc1ccccc1. The zero-order valence-corrected chi connectivity index (χ0v) is 36.4. The highest BCUT2D eigenvalue weighted by Gasteiger charge is 2.32. The van der Waals surface area contributed by atoms with Gasteiger partial charge in [-0.25, -0.2) is 14.2 Å². The maximum absolute atomic E-state index is 14.5. The quantitative estimate of drug-likeness (QED) is 0.0390. The topological polar surface area (TPSA) is 191 Å². The number of ether oxygens (including phenoxy) is 3. The summed E-state index contributed by atoms with van der Waals surface area (Å²) >= 11 is 0. The molecule has 0 unspecified atom stereocenters. The summed E-state index contributed by atoms with van der Waals surface area (Å²) in [6, 6.07) is 47.6. The van der Waals surface area contributed by atoms with Crippen molar-refractivity contribution in [1.82, 2.24) is 10.6 Å². The molecule has 4 N–H and O–H groups in total. The second-order valence-corrected chi connectivity index (χ2v) is 16.3. The summed E-state index contributed by atoms with van der Waals surface area (Å²) in [5.41, 5.74) is 9.60. The van der Waals surface area contributed by atoms with Crippen LogP contribution in [0.4, 0.5) is 4.79 Å². The van der Waals surface area contributed by atoms with Gasteiger partial charge in [0.1, 0.15) is 31.9 Å². The van der Waals surface area contributed by atoms with Crippen molar-refractivity contribution in [2.24, 2.45) is 5.73 Å². The molecule has 6 aromatic carbocycles. The van der Waals surface area contributed by atoms with E-state index in [-0.39, 0.29) is 63.8 Å². The first-order valence-corrected chi connectivity index (χ1v) is 22.3. The zero-order chi connectivity index (χ0) is 45.7. The number of rotatable bonds is 24. The lowest BCUT2D eigenvalue weighted by Crippen LogP contribution is -2.52. The van der Waals surface area contributed by atoms with Gasteiger partial charge in [0.15, 0.2) is 11.5 Å². The van der Waals surface area contributed by atoms with Crippen LogP contribution in [0.1, 0.15) is 46.2 Å². The Hall–Kier alpha value is -7.25. The number of esters is 1. The molecule has 0 radical (unpaired) electrons. The molecule has 0 saturated heterocycles. The molecule has 3 amide bonds. The first-order chi connectivity index (χ1) is 31.6. The molecule has 0 aliphatic heterocycles. The minimum absolute atomic E-state index is 0.0195. The Balaban J connectivity index is 1.27. The average Bonchev–Trinajstić information content (AvgIpc) is 3.34. The van der Waals surface area contributed by atoms with Gasteiger partial charge in [0, 0.05) is 12.8 Å². The van der Waals surface area contributed by atoms with Gasteiger partial charge in [-0.05, 0) is 51.9 Å². The molecular formula is C50H50N3O11P. The van der Waals surface area contributed by atoms with E-state index < -0.39 is 43.8 Å². The van der Waals surface area contributed by atoms with E-state index >= 15 is 0 Å². The molecule has 0 fully saturated rings. The summed E-state index contributed by atoms with van der Waals surface area (Å²) in [5, 5.41) is 5.21. The number of carbonyl (C=O) groups is 4. The van der Waals surface area contributed by atoms with Gasteiger partial charge in [-0.3, -0.25) is 18.6 Å². The van der Waals surface area contributed by atoms with E-state index in [9.17, 15) is 23.7 Å². The van der Waals surface area contributed by atoms with Crippen LogP contribution in [-0.4, -0.2) is 36.0 Å². The summed E-state index contributed by atoms with van der Waals surface area (Å²) in [7, 11) is -4.36. The van der Waals surface area contributed by atoms with Crippen LogP contribution in [0.25, 0.3) is 0 Å². The third-order valence-corrected chi connectivity index (χ3v) is 11.0. The third kappa shape index (κ3) is 16.1. The predicted octanol–water partition coefficient (Wildman–Crippen LogP) is 8.52. The van der Waals surface area contributed by atoms with E-state index in [1.165, 1.54) is 6.07 Å². The first-order valence-electron chi connectivity index (χ1n) is 20.8. The van der Waals surface area contributed by atoms with Crippen molar-refractivity contribution in [2.45, 2.75) is 64.4 Å². The van der Waals surface area contributed by atoms with Crippen LogP contribution in [0.2, 0.25) is 0 Å². The molecule has 2 atom stereocenters. The van der Waals surface area contributed by atoms with Crippen LogP contribution in [0.3, 0.4) is 0 Å². The molecule has 0 saturated carbocycles. The summed E-state index contributed by atoms with van der Waals surface area (Å²) in [6.45, 7) is -0.267. The number of alkyl carbamates (subject to hydrolysis) is 1. The van der Waals surface area contributed by atoms with Crippen LogP contribution in [0.15, 0.2) is 170 Å². The number of phosphoric ester groups is 1. The highest BCUT2D eigenvalue weighted by atomic mass is 31.2. The number of amides is 3.